The number of methoxy groups -OCH3 is 2. The van der Waals surface area contributed by atoms with Crippen molar-refractivity contribution in [2.75, 3.05) is 85.3 Å². The average molecular weight is 1130 g/mol. The second kappa shape index (κ2) is 23.9. The molecule has 6 aliphatic rings. The molecule has 21 nitrogen and oxygen atoms in total. The van der Waals surface area contributed by atoms with E-state index in [-0.39, 0.29) is 57.8 Å². The molecule has 0 radical (unpaired) electrons. The molecule has 2 amide bonds. The van der Waals surface area contributed by atoms with Gasteiger partial charge in [0.1, 0.15) is 29.9 Å². The van der Waals surface area contributed by atoms with Crippen LogP contribution in [0.15, 0.2) is 48.6 Å². The Hall–Kier alpha value is -5.65. The van der Waals surface area contributed by atoms with Crippen molar-refractivity contribution >= 4 is 46.3 Å². The number of para-hydroxylation sites is 1. The molecular formula is C60H84N6O15. The summed E-state index contributed by atoms with van der Waals surface area (Å²) in [6.45, 7) is 9.34. The molecule has 444 valence electrons. The molecular weight excluding hydrogens is 1040 g/mol. The molecule has 81 heavy (non-hydrogen) atoms. The van der Waals surface area contributed by atoms with Gasteiger partial charge < -0.3 is 69.7 Å². The van der Waals surface area contributed by atoms with E-state index in [1.165, 1.54) is 14.0 Å². The summed E-state index contributed by atoms with van der Waals surface area (Å²) >= 11 is 0. The van der Waals surface area contributed by atoms with Crippen molar-refractivity contribution in [2.45, 2.75) is 157 Å². The summed E-state index contributed by atoms with van der Waals surface area (Å²) in [7, 11) is 4.81. The van der Waals surface area contributed by atoms with Crippen molar-refractivity contribution < 1.29 is 73.2 Å². The summed E-state index contributed by atoms with van der Waals surface area (Å²) in [5.74, 6) is -2.90. The van der Waals surface area contributed by atoms with Crippen molar-refractivity contribution in [2.24, 2.45) is 11.3 Å². The number of amides is 2. The number of anilines is 1. The summed E-state index contributed by atoms with van der Waals surface area (Å²) in [6, 6.07) is 9.59. The van der Waals surface area contributed by atoms with Gasteiger partial charge in [0.25, 0.3) is 5.91 Å². The molecule has 6 heterocycles. The number of carbonyl (C=O) groups is 5. The number of nitrogens with zero attached hydrogens (tertiary/aromatic N) is 3. The first kappa shape index (κ1) is 60.0. The fraction of sp³-hybridized carbons (Fsp3) is 0.650. The van der Waals surface area contributed by atoms with Gasteiger partial charge in [0.2, 0.25) is 5.91 Å². The average Bonchev–Trinajstić information content (AvgIpc) is 2.09. The Balaban J connectivity index is 0.971. The first-order chi connectivity index (χ1) is 38.7. The van der Waals surface area contributed by atoms with Crippen LogP contribution in [0.2, 0.25) is 0 Å². The lowest BCUT2D eigenvalue weighted by Crippen LogP contribution is -2.81. The van der Waals surface area contributed by atoms with E-state index in [9.17, 15) is 39.9 Å². The fourth-order valence-corrected chi connectivity index (χ4v) is 15.3. The van der Waals surface area contributed by atoms with Crippen LogP contribution >= 0.6 is 0 Å². The minimum Gasteiger partial charge on any atom is -0.496 e. The van der Waals surface area contributed by atoms with Gasteiger partial charge in [0, 0.05) is 103 Å². The number of piperidine rings is 1. The van der Waals surface area contributed by atoms with Gasteiger partial charge in [-0.25, -0.2) is 4.79 Å². The summed E-state index contributed by atoms with van der Waals surface area (Å²) in [5.41, 5.74) is -2.37. The molecule has 2 saturated heterocycles. The molecule has 3 fully saturated rings. The van der Waals surface area contributed by atoms with E-state index in [0.717, 1.165) is 22.0 Å². The van der Waals surface area contributed by atoms with Crippen LogP contribution < -0.4 is 20.3 Å². The number of aliphatic hydroxyl groups is 5. The van der Waals surface area contributed by atoms with Crippen LogP contribution in [-0.4, -0.2) is 198 Å². The normalized spacial score (nSPS) is 31.2. The standard InChI is InChI=1S/C60H84N6O15/c1-8-38(33-67)81-48(70)34-80-47(69)19-13-18-46(68)62-36(4)50(71)79-27-15-23-61-54(73)60(76)52-58(22-26-66-24-14-21-57(10-3,51(58)66)53(60)72)41-28-42(45(77-6)29-44(41)64(52)5)59(55(74)78-7)31-37-30-56(75,9-2)35-65(32-37)25-20-40-39-16-11-12-17-43(39)63-49(40)59/h11-12,14,16-17,21,28-29,36-38,48,51-53,63,67,70,72,75-76H,8-10,13,15,18-20,22-27,30-35H2,1-7H3,(H,61,73)(H,62,68)/t36?,37-,38?,48?,51?,52?,53-,56?,57-,58-,59+,60+/m1/s1. The number of H-pyrrole nitrogens is 1. The Morgan fingerprint density at radius 3 is 2.44 bits per heavy atom. The third-order valence-electron chi connectivity index (χ3n) is 19.0. The number of esters is 3. The Kier molecular flexibility index (Phi) is 17.7. The molecule has 5 aliphatic heterocycles. The van der Waals surface area contributed by atoms with Crippen molar-refractivity contribution in [1.82, 2.24) is 25.4 Å². The highest BCUT2D eigenvalue weighted by atomic mass is 16.6. The maximum absolute atomic E-state index is 15.5. The van der Waals surface area contributed by atoms with Crippen LogP contribution in [0, 0.1) is 11.3 Å². The number of hydrogen-bond acceptors (Lipinski definition) is 18. The predicted molar refractivity (Wildman–Crippen MR) is 298 cm³/mol. The number of aliphatic hydroxyl groups excluding tert-OH is 3. The van der Waals surface area contributed by atoms with E-state index in [1.807, 2.05) is 62.2 Å². The van der Waals surface area contributed by atoms with Gasteiger partial charge in [0.05, 0.1) is 45.2 Å². The summed E-state index contributed by atoms with van der Waals surface area (Å²) in [6.07, 6.45) is 3.67. The quantitative estimate of drug-likeness (QED) is 0.0236. The molecule has 3 aromatic rings. The Bertz CT molecular complexity index is 2860. The van der Waals surface area contributed by atoms with Crippen LogP contribution in [0.25, 0.3) is 10.9 Å². The topological polar surface area (TPSA) is 282 Å². The molecule has 21 heteroatoms. The lowest BCUT2D eigenvalue weighted by atomic mass is 9.47. The number of fused-ring (bicyclic) bond motifs is 6. The van der Waals surface area contributed by atoms with Gasteiger partial charge in [-0.3, -0.25) is 29.0 Å². The lowest BCUT2D eigenvalue weighted by molar-refractivity contribution is -0.203. The molecule has 1 saturated carbocycles. The molecule has 2 bridgehead atoms. The smallest absolute Gasteiger partial charge is 0.328 e. The fourth-order valence-electron chi connectivity index (χ4n) is 15.3. The maximum atomic E-state index is 15.5. The molecule has 2 aromatic carbocycles. The van der Waals surface area contributed by atoms with E-state index < -0.39 is 100 Å². The second-order valence-electron chi connectivity index (χ2n) is 23.5. The van der Waals surface area contributed by atoms with Gasteiger partial charge >= 0.3 is 17.9 Å². The van der Waals surface area contributed by atoms with Gasteiger partial charge in [-0.1, -0.05) is 51.1 Å². The van der Waals surface area contributed by atoms with Gasteiger partial charge in [-0.2, -0.15) is 0 Å². The van der Waals surface area contributed by atoms with Crippen LogP contribution in [0.5, 0.6) is 5.75 Å². The predicted octanol–water partition coefficient (Wildman–Crippen LogP) is 2.62. The number of nitrogens with one attached hydrogen (secondary N) is 3. The highest BCUT2D eigenvalue weighted by molar-refractivity contribution is 5.95. The second-order valence-corrected chi connectivity index (χ2v) is 23.5. The zero-order valence-corrected chi connectivity index (χ0v) is 48.0. The number of hydrogen-bond donors (Lipinski definition) is 8. The number of benzene rings is 2. The van der Waals surface area contributed by atoms with Crippen molar-refractivity contribution in [3.05, 3.63) is 70.9 Å². The molecule has 1 spiro atoms. The van der Waals surface area contributed by atoms with Gasteiger partial charge in [-0.05, 0) is 100 Å². The summed E-state index contributed by atoms with van der Waals surface area (Å²) in [5, 5.41) is 64.2. The van der Waals surface area contributed by atoms with E-state index in [1.54, 1.807) is 14.0 Å². The summed E-state index contributed by atoms with van der Waals surface area (Å²) in [4.78, 5) is 78.8. The van der Waals surface area contributed by atoms with Crippen molar-refractivity contribution in [3.8, 4) is 5.75 Å². The molecule has 9 rings (SSSR count). The minimum atomic E-state index is -2.43. The Labute approximate surface area is 473 Å². The van der Waals surface area contributed by atoms with E-state index in [0.29, 0.717) is 93.9 Å². The van der Waals surface area contributed by atoms with Crippen LogP contribution in [0.3, 0.4) is 0 Å². The third kappa shape index (κ3) is 10.4. The molecule has 8 N–H and O–H groups in total. The van der Waals surface area contributed by atoms with Crippen molar-refractivity contribution in [3.63, 3.8) is 0 Å². The van der Waals surface area contributed by atoms with Crippen LogP contribution in [0.1, 0.15) is 114 Å². The van der Waals surface area contributed by atoms with E-state index in [2.05, 4.69) is 37.6 Å². The van der Waals surface area contributed by atoms with E-state index in [4.69, 9.17) is 23.7 Å². The molecule has 1 aliphatic carbocycles. The zero-order valence-electron chi connectivity index (χ0n) is 48.0. The largest absolute Gasteiger partial charge is 0.496 e. The molecule has 6 unspecified atom stereocenters. The number of aromatic nitrogens is 1. The number of likely N-dealkylation sites (N-methyl/N-ethyl adjacent to an activating group) is 1. The number of carbonyl (C=O) groups excluding carboxylic acids is 5. The molecule has 13 atom stereocenters. The Morgan fingerprint density at radius 1 is 0.951 bits per heavy atom. The number of rotatable bonds is 22. The van der Waals surface area contributed by atoms with E-state index >= 15 is 9.59 Å². The first-order valence-corrected chi connectivity index (χ1v) is 29.0. The Morgan fingerprint density at radius 2 is 1.73 bits per heavy atom. The highest BCUT2D eigenvalue weighted by Crippen LogP contribution is 2.67. The van der Waals surface area contributed by atoms with Crippen LogP contribution in [0.4, 0.5) is 5.69 Å². The number of aromatic amines is 1. The highest BCUT2D eigenvalue weighted by Gasteiger charge is 2.78. The minimum absolute atomic E-state index is 0.0408. The van der Waals surface area contributed by atoms with Crippen LogP contribution in [-0.2, 0) is 60.2 Å². The first-order valence-electron chi connectivity index (χ1n) is 29.0. The zero-order chi connectivity index (χ0) is 58.2. The monoisotopic (exact) mass is 1130 g/mol. The summed E-state index contributed by atoms with van der Waals surface area (Å²) < 4.78 is 28.1. The van der Waals surface area contributed by atoms with Gasteiger partial charge in [-0.15, -0.1) is 0 Å². The lowest BCUT2D eigenvalue weighted by Gasteiger charge is -2.63. The van der Waals surface area contributed by atoms with Gasteiger partial charge in [0.15, 0.2) is 11.9 Å². The number of ether oxygens (including phenoxy) is 5. The van der Waals surface area contributed by atoms with Crippen molar-refractivity contribution in [1.29, 1.82) is 0 Å². The maximum Gasteiger partial charge on any atom is 0.328 e. The SMILES string of the molecule is CCC(CO)OC(O)COC(=O)CCCC(=O)NC(C)C(=O)OCCCNC(=O)[C@]1(O)C2N(C)c3cc(OC)c([C@@]4(C(=O)OC)C[C@@H]5C[N@](CCc6c4[nH]c4ccccc64)CC(O)(CC)C5)cc3[C@@]23CCN2CC=C[C@](CC)(C23)[C@H]1O. The third-order valence-corrected chi connectivity index (χ3v) is 19.0. The molecule has 1 aromatic heterocycles.